The summed E-state index contributed by atoms with van der Waals surface area (Å²) in [4.78, 5) is 25.1. The van der Waals surface area contributed by atoms with E-state index in [4.69, 9.17) is 4.74 Å². The van der Waals surface area contributed by atoms with Gasteiger partial charge in [-0.2, -0.15) is 26.3 Å². The topological polar surface area (TPSA) is 71.2 Å². The molecule has 1 aromatic heterocycles. The van der Waals surface area contributed by atoms with Crippen molar-refractivity contribution in [2.24, 2.45) is 0 Å². The number of pyridine rings is 1. The summed E-state index contributed by atoms with van der Waals surface area (Å²) in [5.41, 5.74) is 2.55. The van der Waals surface area contributed by atoms with E-state index in [1.807, 2.05) is 6.07 Å². The van der Waals surface area contributed by atoms with Crippen molar-refractivity contribution in [3.63, 3.8) is 0 Å². The number of carbonyl (C=O) groups is 1. The minimum atomic E-state index is -4.35. The highest BCUT2D eigenvalue weighted by atomic mass is 19.4. The third-order valence-electron chi connectivity index (χ3n) is 6.43. The van der Waals surface area contributed by atoms with E-state index >= 15 is 0 Å². The first kappa shape index (κ1) is 28.5. The molecule has 0 fully saturated rings. The molecule has 0 radical (unpaired) electrons. The Hall–Kier alpha value is -5.06. The summed E-state index contributed by atoms with van der Waals surface area (Å²) in [6, 6.07) is 23.4. The van der Waals surface area contributed by atoms with Crippen LogP contribution in [0.5, 0.6) is 5.75 Å². The van der Waals surface area contributed by atoms with Gasteiger partial charge in [-0.05, 0) is 82.2 Å². The fraction of sp³-hybridized carbons (Fsp3) is 0.0968. The molecule has 0 bridgehead atoms. The first-order valence-corrected chi connectivity index (χ1v) is 12.4. The molecular formula is C31H20F6N2O3. The van der Waals surface area contributed by atoms with Crippen LogP contribution < -0.4 is 15.6 Å². The number of H-pyrrole nitrogens is 1. The lowest BCUT2D eigenvalue weighted by Crippen LogP contribution is -2.25. The molecule has 11 heteroatoms. The molecule has 42 heavy (non-hydrogen) atoms. The number of rotatable bonds is 2. The number of alkyl halides is 6. The summed E-state index contributed by atoms with van der Waals surface area (Å²) >= 11 is 0. The largest absolute Gasteiger partial charge is 0.482 e. The molecule has 5 nitrogen and oxygen atoms in total. The number of carbonyl (C=O) groups excluding carboxylic acids is 1. The zero-order valence-corrected chi connectivity index (χ0v) is 21.4. The number of hydrogen-bond acceptors (Lipinski definition) is 3. The van der Waals surface area contributed by atoms with Gasteiger partial charge in [-0.1, -0.05) is 36.4 Å². The Bertz CT molecular complexity index is 1810. The molecule has 1 aliphatic heterocycles. The number of anilines is 1. The zero-order valence-electron chi connectivity index (χ0n) is 21.4. The number of nitrogens with one attached hydrogen (secondary N) is 2. The van der Waals surface area contributed by atoms with E-state index in [0.717, 1.165) is 40.8 Å². The molecule has 214 valence electrons. The van der Waals surface area contributed by atoms with Crippen molar-refractivity contribution < 1.29 is 35.9 Å². The van der Waals surface area contributed by atoms with Crippen molar-refractivity contribution in [3.8, 4) is 28.0 Å². The Labute approximate surface area is 234 Å². The van der Waals surface area contributed by atoms with Crippen LogP contribution in [0.25, 0.3) is 33.2 Å². The average Bonchev–Trinajstić information content (AvgIpc) is 2.96. The summed E-state index contributed by atoms with van der Waals surface area (Å²) in [5, 5.41) is 3.48. The first-order chi connectivity index (χ1) is 19.9. The molecule has 0 saturated carbocycles. The summed E-state index contributed by atoms with van der Waals surface area (Å²) in [7, 11) is 0. The van der Waals surface area contributed by atoms with Crippen LogP contribution in [0.15, 0.2) is 102 Å². The monoisotopic (exact) mass is 582 g/mol. The maximum atomic E-state index is 12.5. The summed E-state index contributed by atoms with van der Waals surface area (Å²) in [6.07, 6.45) is -8.68. The maximum Gasteiger partial charge on any atom is 0.416 e. The Morgan fingerprint density at radius 2 is 1.12 bits per heavy atom. The van der Waals surface area contributed by atoms with Crippen molar-refractivity contribution in [2.45, 2.75) is 12.4 Å². The minimum Gasteiger partial charge on any atom is -0.482 e. The highest BCUT2D eigenvalue weighted by molar-refractivity contribution is 5.96. The average molecular weight is 583 g/mol. The number of hydrogen-bond donors (Lipinski definition) is 2. The van der Waals surface area contributed by atoms with Gasteiger partial charge in [-0.15, -0.1) is 0 Å². The molecule has 5 aromatic rings. The van der Waals surface area contributed by atoms with Crippen LogP contribution in [0.1, 0.15) is 11.1 Å². The van der Waals surface area contributed by atoms with Gasteiger partial charge >= 0.3 is 12.4 Å². The van der Waals surface area contributed by atoms with Crippen LogP contribution in [-0.2, 0) is 17.1 Å². The number of benzene rings is 4. The lowest BCUT2D eigenvalue weighted by molar-refractivity contribution is -0.138. The normalized spacial score (nSPS) is 13.0. The number of fused-ring (bicyclic) bond motifs is 2. The summed E-state index contributed by atoms with van der Waals surface area (Å²) in [6.45, 7) is -0.0660. The van der Waals surface area contributed by atoms with Crippen LogP contribution >= 0.6 is 0 Å². The van der Waals surface area contributed by atoms with Crippen molar-refractivity contribution in [3.05, 3.63) is 119 Å². The lowest BCUT2D eigenvalue weighted by atomic mass is 10.0. The molecule has 4 aromatic carbocycles. The highest BCUT2D eigenvalue weighted by Crippen LogP contribution is 2.35. The van der Waals surface area contributed by atoms with Crippen molar-refractivity contribution in [2.75, 3.05) is 11.9 Å². The molecule has 0 atom stereocenters. The van der Waals surface area contributed by atoms with Crippen LogP contribution in [0.4, 0.5) is 32.0 Å². The summed E-state index contributed by atoms with van der Waals surface area (Å²) < 4.78 is 80.5. The third kappa shape index (κ3) is 6.46. The van der Waals surface area contributed by atoms with Gasteiger partial charge in [-0.25, -0.2) is 0 Å². The molecule has 6 rings (SSSR count). The molecule has 0 spiro atoms. The van der Waals surface area contributed by atoms with E-state index < -0.39 is 23.5 Å². The number of aromatic nitrogens is 1. The number of amides is 1. The molecule has 0 unspecified atom stereocenters. The maximum absolute atomic E-state index is 12.5. The Balaban J connectivity index is 0.000000168. The van der Waals surface area contributed by atoms with E-state index in [2.05, 4.69) is 10.3 Å². The predicted octanol–water partition coefficient (Wildman–Crippen LogP) is 7.92. The molecular weight excluding hydrogens is 562 g/mol. The smallest absolute Gasteiger partial charge is 0.416 e. The van der Waals surface area contributed by atoms with E-state index in [0.29, 0.717) is 28.1 Å². The molecule has 0 aliphatic carbocycles. The zero-order chi connectivity index (χ0) is 30.1. The standard InChI is InChI=1S/C16H10F3NO.C15H10F3NO2/c17-16(18,19)13-5-1-10(2-6-13)11-3-7-14-12(9-11)4-8-15(21)20-14;16-15(17,18)11-4-1-9(2-5-11)10-3-6-12-13(7-10)21-8-14(20)19-12/h1-9H,(H,20,21);1-7H,8H2,(H,19,20). The number of halogens is 6. The van der Waals surface area contributed by atoms with Crippen LogP contribution in [0, 0.1) is 0 Å². The van der Waals surface area contributed by atoms with Crippen molar-refractivity contribution in [1.29, 1.82) is 0 Å². The number of ether oxygens (including phenoxy) is 1. The fourth-order valence-corrected chi connectivity index (χ4v) is 4.29. The molecule has 2 heterocycles. The lowest BCUT2D eigenvalue weighted by Gasteiger charge is -2.18. The Morgan fingerprint density at radius 3 is 1.69 bits per heavy atom. The Morgan fingerprint density at radius 1 is 0.595 bits per heavy atom. The van der Waals surface area contributed by atoms with Crippen molar-refractivity contribution in [1.82, 2.24) is 4.98 Å². The second-order valence-corrected chi connectivity index (χ2v) is 9.32. The van der Waals surface area contributed by atoms with Crippen LogP contribution in [0.2, 0.25) is 0 Å². The van der Waals surface area contributed by atoms with Gasteiger partial charge < -0.3 is 15.0 Å². The minimum absolute atomic E-state index is 0.0660. The van der Waals surface area contributed by atoms with Crippen LogP contribution in [-0.4, -0.2) is 17.5 Å². The van der Waals surface area contributed by atoms with Gasteiger partial charge in [0.15, 0.2) is 6.61 Å². The second kappa shape index (κ2) is 11.1. The fourth-order valence-electron chi connectivity index (χ4n) is 4.29. The van der Waals surface area contributed by atoms with E-state index in [1.165, 1.54) is 30.3 Å². The molecule has 1 aliphatic rings. The van der Waals surface area contributed by atoms with Gasteiger partial charge in [0, 0.05) is 11.6 Å². The number of aromatic amines is 1. The quantitative estimate of drug-likeness (QED) is 0.208. The van der Waals surface area contributed by atoms with Gasteiger partial charge in [-0.3, -0.25) is 9.59 Å². The van der Waals surface area contributed by atoms with E-state index in [-0.39, 0.29) is 18.1 Å². The Kier molecular flexibility index (Phi) is 7.51. The highest BCUT2D eigenvalue weighted by Gasteiger charge is 2.30. The molecule has 1 amide bonds. The van der Waals surface area contributed by atoms with Gasteiger partial charge in [0.05, 0.1) is 16.8 Å². The van der Waals surface area contributed by atoms with Crippen LogP contribution in [0.3, 0.4) is 0 Å². The van der Waals surface area contributed by atoms with Crippen molar-refractivity contribution >= 4 is 22.5 Å². The van der Waals surface area contributed by atoms with Gasteiger partial charge in [0.1, 0.15) is 5.75 Å². The summed E-state index contributed by atoms with van der Waals surface area (Å²) in [5.74, 6) is 0.275. The SMILES string of the molecule is O=C1COc2cc(-c3ccc(C(F)(F)F)cc3)ccc2N1.O=c1ccc2cc(-c3ccc(C(F)(F)F)cc3)ccc2[nH]1. The second-order valence-electron chi connectivity index (χ2n) is 9.32. The first-order valence-electron chi connectivity index (χ1n) is 12.4. The molecule has 0 saturated heterocycles. The van der Waals surface area contributed by atoms with Gasteiger partial charge in [0.25, 0.3) is 5.91 Å². The molecule has 2 N–H and O–H groups in total. The third-order valence-corrected chi connectivity index (χ3v) is 6.43. The predicted molar refractivity (Wildman–Crippen MR) is 146 cm³/mol. The van der Waals surface area contributed by atoms with E-state index in [9.17, 15) is 35.9 Å². The van der Waals surface area contributed by atoms with E-state index in [1.54, 1.807) is 36.4 Å². The van der Waals surface area contributed by atoms with Gasteiger partial charge in [0.2, 0.25) is 5.56 Å².